The summed E-state index contributed by atoms with van der Waals surface area (Å²) in [5, 5.41) is 19.7. The summed E-state index contributed by atoms with van der Waals surface area (Å²) in [4.78, 5) is 9.77. The van der Waals surface area contributed by atoms with Crippen molar-refractivity contribution in [3.05, 3.63) is 63.7 Å². The van der Waals surface area contributed by atoms with Crippen molar-refractivity contribution in [2.45, 2.75) is 11.8 Å². The molecule has 7 nitrogen and oxygen atoms in total. The highest BCUT2D eigenvalue weighted by atomic mass is 32.2. The fourth-order valence-corrected chi connectivity index (χ4v) is 2.97. The first-order valence-electron chi connectivity index (χ1n) is 6.04. The number of nitro benzene ring substituents is 1. The highest BCUT2D eigenvalue weighted by molar-refractivity contribution is 7.87. The summed E-state index contributed by atoms with van der Waals surface area (Å²) < 4.78 is 29.6. The molecule has 0 atom stereocenters. The predicted molar refractivity (Wildman–Crippen MR) is 76.8 cm³/mol. The van der Waals surface area contributed by atoms with E-state index in [1.807, 2.05) is 6.07 Å². The third-order valence-corrected chi connectivity index (χ3v) is 4.24. The van der Waals surface area contributed by atoms with E-state index in [2.05, 4.69) is 0 Å². The quantitative estimate of drug-likeness (QED) is 0.486. The molecule has 0 saturated heterocycles. The summed E-state index contributed by atoms with van der Waals surface area (Å²) in [6, 6.07) is 11.1. The molecule has 0 N–H and O–H groups in total. The van der Waals surface area contributed by atoms with Gasteiger partial charge in [-0.1, -0.05) is 18.2 Å². The minimum Gasteiger partial charge on any atom is -0.378 e. The molecule has 0 heterocycles. The maximum absolute atomic E-state index is 12.3. The van der Waals surface area contributed by atoms with Gasteiger partial charge >= 0.3 is 10.1 Å². The number of nitrogens with zero attached hydrogens (tertiary/aromatic N) is 2. The molecule has 0 unspecified atom stereocenters. The van der Waals surface area contributed by atoms with Gasteiger partial charge in [0.1, 0.15) is 11.0 Å². The van der Waals surface area contributed by atoms with Crippen molar-refractivity contribution in [2.24, 2.45) is 0 Å². The Morgan fingerprint density at radius 3 is 2.55 bits per heavy atom. The van der Waals surface area contributed by atoms with Crippen molar-refractivity contribution in [1.82, 2.24) is 0 Å². The van der Waals surface area contributed by atoms with Crippen molar-refractivity contribution >= 4 is 15.8 Å². The average molecular weight is 318 g/mol. The van der Waals surface area contributed by atoms with Crippen molar-refractivity contribution in [1.29, 1.82) is 5.26 Å². The van der Waals surface area contributed by atoms with E-state index in [0.717, 1.165) is 6.07 Å². The van der Waals surface area contributed by atoms with Gasteiger partial charge in [0.25, 0.3) is 5.69 Å². The van der Waals surface area contributed by atoms with E-state index in [9.17, 15) is 18.5 Å². The molecule has 0 aliphatic heterocycles. The second kappa shape index (κ2) is 5.83. The summed E-state index contributed by atoms with van der Waals surface area (Å²) in [5.41, 5.74) is -0.00413. The SMILES string of the molecule is Cc1ccc([N+](=O)[O-])cc1S(=O)(=O)Oc1ccccc1C#N. The van der Waals surface area contributed by atoms with Gasteiger partial charge < -0.3 is 4.18 Å². The van der Waals surface area contributed by atoms with Crippen LogP contribution in [-0.2, 0) is 10.1 Å². The van der Waals surface area contributed by atoms with Crippen molar-refractivity contribution in [2.75, 3.05) is 0 Å². The topological polar surface area (TPSA) is 110 Å². The van der Waals surface area contributed by atoms with Crippen molar-refractivity contribution in [3.63, 3.8) is 0 Å². The van der Waals surface area contributed by atoms with Gasteiger partial charge in [0.05, 0.1) is 10.5 Å². The number of hydrogen-bond donors (Lipinski definition) is 0. The average Bonchev–Trinajstić information content (AvgIpc) is 2.47. The first kappa shape index (κ1) is 15.5. The van der Waals surface area contributed by atoms with E-state index >= 15 is 0 Å². The number of nitriles is 1. The van der Waals surface area contributed by atoms with Gasteiger partial charge in [0, 0.05) is 12.1 Å². The van der Waals surface area contributed by atoms with Crippen LogP contribution in [0.5, 0.6) is 5.75 Å². The Balaban J connectivity index is 2.50. The molecule has 2 aromatic carbocycles. The molecule has 0 radical (unpaired) electrons. The number of benzene rings is 2. The molecule has 8 heteroatoms. The highest BCUT2D eigenvalue weighted by Crippen LogP contribution is 2.26. The number of para-hydroxylation sites is 1. The Kier molecular flexibility index (Phi) is 4.10. The van der Waals surface area contributed by atoms with Crippen LogP contribution in [0, 0.1) is 28.4 Å². The summed E-state index contributed by atoms with van der Waals surface area (Å²) in [5.74, 6) is -0.129. The summed E-state index contributed by atoms with van der Waals surface area (Å²) >= 11 is 0. The molecule has 0 amide bonds. The number of nitro groups is 1. The largest absolute Gasteiger partial charge is 0.378 e. The molecule has 0 saturated carbocycles. The summed E-state index contributed by atoms with van der Waals surface area (Å²) in [6.07, 6.45) is 0. The molecule has 0 aliphatic rings. The van der Waals surface area contributed by atoms with Gasteiger partial charge in [-0.05, 0) is 24.6 Å². The first-order valence-corrected chi connectivity index (χ1v) is 7.44. The Morgan fingerprint density at radius 2 is 1.91 bits per heavy atom. The molecule has 2 aromatic rings. The van der Waals surface area contributed by atoms with Crippen LogP contribution in [0.15, 0.2) is 47.4 Å². The van der Waals surface area contributed by atoms with Crippen LogP contribution in [0.3, 0.4) is 0 Å². The molecule has 0 aliphatic carbocycles. The molecule has 0 spiro atoms. The first-order chi connectivity index (χ1) is 10.3. The van der Waals surface area contributed by atoms with Gasteiger partial charge in [-0.2, -0.15) is 13.7 Å². The lowest BCUT2D eigenvalue weighted by Gasteiger charge is -2.10. The maximum atomic E-state index is 12.3. The van der Waals surface area contributed by atoms with Gasteiger partial charge in [-0.3, -0.25) is 10.1 Å². The third-order valence-electron chi connectivity index (χ3n) is 2.86. The highest BCUT2D eigenvalue weighted by Gasteiger charge is 2.23. The van der Waals surface area contributed by atoms with Gasteiger partial charge in [0.15, 0.2) is 5.75 Å². The van der Waals surface area contributed by atoms with Crippen molar-refractivity contribution < 1.29 is 17.5 Å². The molecule has 22 heavy (non-hydrogen) atoms. The van der Waals surface area contributed by atoms with Crippen LogP contribution in [0.25, 0.3) is 0 Å². The second-order valence-corrected chi connectivity index (χ2v) is 5.87. The summed E-state index contributed by atoms with van der Waals surface area (Å²) in [7, 11) is -4.29. The Hall–Kier alpha value is -2.92. The van der Waals surface area contributed by atoms with Gasteiger partial charge in [-0.15, -0.1) is 0 Å². The zero-order valence-corrected chi connectivity index (χ0v) is 12.2. The van der Waals surface area contributed by atoms with E-state index in [1.165, 1.54) is 37.3 Å². The van der Waals surface area contributed by atoms with Crippen LogP contribution in [0.4, 0.5) is 5.69 Å². The molecule has 0 bridgehead atoms. The van der Waals surface area contributed by atoms with E-state index in [-0.39, 0.29) is 21.9 Å². The lowest BCUT2D eigenvalue weighted by atomic mass is 10.2. The fourth-order valence-electron chi connectivity index (χ4n) is 1.77. The van der Waals surface area contributed by atoms with Crippen LogP contribution in [-0.4, -0.2) is 13.3 Å². The minimum atomic E-state index is -4.29. The smallest absolute Gasteiger partial charge is 0.339 e. The lowest BCUT2D eigenvalue weighted by molar-refractivity contribution is -0.385. The van der Waals surface area contributed by atoms with Crippen molar-refractivity contribution in [3.8, 4) is 11.8 Å². The van der Waals surface area contributed by atoms with Gasteiger partial charge in [-0.25, -0.2) is 0 Å². The zero-order valence-electron chi connectivity index (χ0n) is 11.4. The van der Waals surface area contributed by atoms with Crippen LogP contribution in [0.1, 0.15) is 11.1 Å². The second-order valence-electron chi connectivity index (χ2n) is 4.35. The number of aryl methyl sites for hydroxylation is 1. The monoisotopic (exact) mass is 318 g/mol. The van der Waals surface area contributed by atoms with E-state index in [0.29, 0.717) is 5.56 Å². The maximum Gasteiger partial charge on any atom is 0.339 e. The fraction of sp³-hybridized carbons (Fsp3) is 0.0714. The van der Waals surface area contributed by atoms with Crippen LogP contribution < -0.4 is 4.18 Å². The lowest BCUT2D eigenvalue weighted by Crippen LogP contribution is -2.12. The number of rotatable bonds is 4. The molecular weight excluding hydrogens is 308 g/mol. The molecule has 0 aromatic heterocycles. The van der Waals surface area contributed by atoms with Crippen LogP contribution in [0.2, 0.25) is 0 Å². The Labute approximate surface area is 126 Å². The van der Waals surface area contributed by atoms with E-state index in [1.54, 1.807) is 6.07 Å². The zero-order chi connectivity index (χ0) is 16.3. The Morgan fingerprint density at radius 1 is 1.23 bits per heavy atom. The third kappa shape index (κ3) is 3.05. The minimum absolute atomic E-state index is 0.0501. The standard InChI is InChI=1S/C14H10N2O5S/c1-10-6-7-12(16(17)18)8-14(10)22(19,20)21-13-5-3-2-4-11(13)9-15/h2-8H,1H3. The molecule has 2 rings (SSSR count). The normalized spacial score (nSPS) is 10.7. The molecule has 0 fully saturated rings. The Bertz CT molecular complexity index is 884. The predicted octanol–water partition coefficient (Wildman–Crippen LogP) is 2.54. The molecular formula is C14H10N2O5S. The van der Waals surface area contributed by atoms with Crippen LogP contribution >= 0.6 is 0 Å². The van der Waals surface area contributed by atoms with E-state index < -0.39 is 15.0 Å². The number of hydrogen-bond acceptors (Lipinski definition) is 6. The number of non-ortho nitro benzene ring substituents is 1. The molecule has 112 valence electrons. The van der Waals surface area contributed by atoms with E-state index in [4.69, 9.17) is 9.44 Å². The summed E-state index contributed by atoms with van der Waals surface area (Å²) in [6.45, 7) is 1.50. The van der Waals surface area contributed by atoms with Gasteiger partial charge in [0.2, 0.25) is 0 Å².